The first-order chi connectivity index (χ1) is 15.7. The highest BCUT2D eigenvalue weighted by atomic mass is 16.5. The van der Waals surface area contributed by atoms with Crippen LogP contribution >= 0.6 is 0 Å². The predicted octanol–water partition coefficient (Wildman–Crippen LogP) is 2.82. The number of benzene rings is 2. The Morgan fingerprint density at radius 1 is 1.09 bits per heavy atom. The summed E-state index contributed by atoms with van der Waals surface area (Å²) in [4.78, 5) is 32.8. The maximum atomic E-state index is 13.3. The zero-order chi connectivity index (χ0) is 21.9. The van der Waals surface area contributed by atoms with Gasteiger partial charge in [-0.2, -0.15) is 0 Å². The van der Waals surface area contributed by atoms with E-state index in [0.29, 0.717) is 38.7 Å². The maximum Gasteiger partial charge on any atom is 0.294 e. The summed E-state index contributed by atoms with van der Waals surface area (Å²) in [5.74, 6) is 0.404. The minimum atomic E-state index is -0.151. The number of para-hydroxylation sites is 2. The van der Waals surface area contributed by atoms with E-state index in [4.69, 9.17) is 4.74 Å². The normalized spacial score (nSPS) is 18.4. The van der Waals surface area contributed by atoms with Crippen LogP contribution in [0.1, 0.15) is 36.4 Å². The fourth-order valence-electron chi connectivity index (χ4n) is 4.77. The van der Waals surface area contributed by atoms with Crippen LogP contribution in [0, 0.1) is 0 Å². The number of nitrogens with zero attached hydrogens (tertiary/aromatic N) is 3. The number of fused-ring (bicyclic) bond motifs is 2. The van der Waals surface area contributed by atoms with Crippen LogP contribution in [0.5, 0.6) is 0 Å². The third kappa shape index (κ3) is 4.12. The molecule has 7 heteroatoms. The van der Waals surface area contributed by atoms with Gasteiger partial charge in [0.05, 0.1) is 30.3 Å². The van der Waals surface area contributed by atoms with E-state index in [1.807, 2.05) is 35.2 Å². The van der Waals surface area contributed by atoms with Crippen molar-refractivity contribution in [2.45, 2.75) is 38.3 Å². The topological polar surface area (TPSA) is 76.5 Å². The average Bonchev–Trinajstić information content (AvgIpc) is 2.84. The summed E-state index contributed by atoms with van der Waals surface area (Å²) in [5, 5.41) is 3.19. The van der Waals surface area contributed by atoms with Crippen molar-refractivity contribution in [3.05, 3.63) is 70.0 Å². The molecular formula is C25H28N4O3. The number of anilines is 1. The van der Waals surface area contributed by atoms with Crippen LogP contribution in [0.4, 0.5) is 5.82 Å². The second-order valence-corrected chi connectivity index (χ2v) is 8.44. The van der Waals surface area contributed by atoms with Gasteiger partial charge in [-0.05, 0) is 42.5 Å². The standard InChI is InChI=1S/C25H28N4O3/c30-23(26-20-10-5-7-18-6-1-2-8-19(18)20)12-13-29-22-11-4-3-9-21(22)27-24(25(29)31)28-14-16-32-17-15-28/h1-4,6,8-9,11,20H,5,7,10,12-17H2,(H,26,30). The van der Waals surface area contributed by atoms with Crippen LogP contribution < -0.4 is 15.8 Å². The van der Waals surface area contributed by atoms with Gasteiger partial charge in [-0.15, -0.1) is 0 Å². The van der Waals surface area contributed by atoms with Crippen molar-refractivity contribution in [2.24, 2.45) is 0 Å². The lowest BCUT2D eigenvalue weighted by Crippen LogP contribution is -2.41. The molecule has 2 heterocycles. The first kappa shape index (κ1) is 20.7. The number of hydrogen-bond donors (Lipinski definition) is 1. The van der Waals surface area contributed by atoms with Crippen molar-refractivity contribution in [2.75, 3.05) is 31.2 Å². The Bertz CT molecular complexity index is 1180. The molecule has 1 unspecified atom stereocenters. The van der Waals surface area contributed by atoms with Gasteiger partial charge in [-0.25, -0.2) is 4.98 Å². The third-order valence-corrected chi connectivity index (χ3v) is 6.41. The molecule has 1 aliphatic carbocycles. The minimum absolute atomic E-state index is 0.0348. The third-order valence-electron chi connectivity index (χ3n) is 6.41. The lowest BCUT2D eigenvalue weighted by Gasteiger charge is -2.28. The molecule has 1 aliphatic heterocycles. The Kier molecular flexibility index (Phi) is 5.90. The molecule has 1 N–H and O–H groups in total. The zero-order valence-corrected chi connectivity index (χ0v) is 18.1. The number of hydrogen-bond acceptors (Lipinski definition) is 5. The number of rotatable bonds is 5. The number of nitrogens with one attached hydrogen (secondary N) is 1. The van der Waals surface area contributed by atoms with Gasteiger partial charge in [0.15, 0.2) is 5.82 Å². The Morgan fingerprint density at radius 2 is 1.88 bits per heavy atom. The molecule has 0 saturated carbocycles. The van der Waals surface area contributed by atoms with Crippen LogP contribution in [0.25, 0.3) is 11.0 Å². The summed E-state index contributed by atoms with van der Waals surface area (Å²) in [6.07, 6.45) is 3.32. The number of ether oxygens (including phenoxy) is 1. The Hall–Kier alpha value is -3.19. The van der Waals surface area contributed by atoms with Crippen molar-refractivity contribution >= 4 is 22.8 Å². The van der Waals surface area contributed by atoms with Gasteiger partial charge in [0.2, 0.25) is 5.91 Å². The molecule has 5 rings (SSSR count). The SMILES string of the molecule is O=C(CCn1c(=O)c(N2CCOCC2)nc2ccccc21)NC1CCCc2ccccc21. The summed E-state index contributed by atoms with van der Waals surface area (Å²) in [5.41, 5.74) is 3.89. The van der Waals surface area contributed by atoms with Crippen molar-refractivity contribution in [1.29, 1.82) is 0 Å². The second kappa shape index (κ2) is 9.12. The molecule has 32 heavy (non-hydrogen) atoms. The van der Waals surface area contributed by atoms with E-state index in [-0.39, 0.29) is 23.9 Å². The van der Waals surface area contributed by atoms with Crippen LogP contribution in [0.3, 0.4) is 0 Å². The highest BCUT2D eigenvalue weighted by Crippen LogP contribution is 2.29. The van der Waals surface area contributed by atoms with E-state index >= 15 is 0 Å². The van der Waals surface area contributed by atoms with Crippen LogP contribution in [0.2, 0.25) is 0 Å². The molecule has 1 amide bonds. The summed E-state index contributed by atoms with van der Waals surface area (Å²) >= 11 is 0. The Balaban J connectivity index is 1.36. The summed E-state index contributed by atoms with van der Waals surface area (Å²) in [6, 6.07) is 16.0. The maximum absolute atomic E-state index is 13.3. The average molecular weight is 433 g/mol. The highest BCUT2D eigenvalue weighted by molar-refractivity contribution is 5.78. The molecule has 1 saturated heterocycles. The van der Waals surface area contributed by atoms with Gasteiger partial charge in [0.25, 0.3) is 5.56 Å². The Labute approximate surface area is 187 Å². The van der Waals surface area contributed by atoms with Gasteiger partial charge in [0.1, 0.15) is 0 Å². The van der Waals surface area contributed by atoms with Gasteiger partial charge in [0, 0.05) is 26.1 Å². The lowest BCUT2D eigenvalue weighted by molar-refractivity contribution is -0.122. The molecule has 166 valence electrons. The first-order valence-electron chi connectivity index (χ1n) is 11.4. The molecule has 1 atom stereocenters. The van der Waals surface area contributed by atoms with Crippen LogP contribution in [-0.2, 0) is 22.5 Å². The molecule has 3 aromatic rings. The van der Waals surface area contributed by atoms with E-state index in [9.17, 15) is 9.59 Å². The quantitative estimate of drug-likeness (QED) is 0.671. The van der Waals surface area contributed by atoms with Gasteiger partial charge in [-0.3, -0.25) is 9.59 Å². The number of aryl methyl sites for hydroxylation is 2. The molecular weight excluding hydrogens is 404 g/mol. The number of morpholine rings is 1. The molecule has 7 nitrogen and oxygen atoms in total. The zero-order valence-electron chi connectivity index (χ0n) is 18.1. The Morgan fingerprint density at radius 3 is 2.75 bits per heavy atom. The highest BCUT2D eigenvalue weighted by Gasteiger charge is 2.22. The smallest absolute Gasteiger partial charge is 0.294 e. The van der Waals surface area contributed by atoms with E-state index in [0.717, 1.165) is 30.3 Å². The molecule has 2 aliphatic rings. The van der Waals surface area contributed by atoms with Crippen LogP contribution in [-0.4, -0.2) is 41.8 Å². The minimum Gasteiger partial charge on any atom is -0.378 e. The van der Waals surface area contributed by atoms with E-state index in [1.165, 1.54) is 11.1 Å². The summed E-state index contributed by atoms with van der Waals surface area (Å²) in [6.45, 7) is 2.77. The lowest BCUT2D eigenvalue weighted by atomic mass is 9.88. The molecule has 1 fully saturated rings. The monoisotopic (exact) mass is 432 g/mol. The van der Waals surface area contributed by atoms with Crippen molar-refractivity contribution < 1.29 is 9.53 Å². The van der Waals surface area contributed by atoms with Crippen molar-refractivity contribution in [3.8, 4) is 0 Å². The van der Waals surface area contributed by atoms with E-state index < -0.39 is 0 Å². The number of aromatic nitrogens is 2. The van der Waals surface area contributed by atoms with Crippen molar-refractivity contribution in [1.82, 2.24) is 14.9 Å². The van der Waals surface area contributed by atoms with Gasteiger partial charge < -0.3 is 19.5 Å². The summed E-state index contributed by atoms with van der Waals surface area (Å²) in [7, 11) is 0. The number of carbonyl (C=O) groups excluding carboxylic acids is 1. The fourth-order valence-corrected chi connectivity index (χ4v) is 4.77. The fraction of sp³-hybridized carbons (Fsp3) is 0.400. The molecule has 0 spiro atoms. The van der Waals surface area contributed by atoms with E-state index in [2.05, 4.69) is 28.5 Å². The first-order valence-corrected chi connectivity index (χ1v) is 11.4. The molecule has 1 aromatic heterocycles. The molecule has 0 bridgehead atoms. The van der Waals surface area contributed by atoms with Gasteiger partial charge in [-0.1, -0.05) is 36.4 Å². The van der Waals surface area contributed by atoms with Crippen molar-refractivity contribution in [3.63, 3.8) is 0 Å². The number of amides is 1. The largest absolute Gasteiger partial charge is 0.378 e. The number of carbonyl (C=O) groups is 1. The second-order valence-electron chi connectivity index (χ2n) is 8.44. The van der Waals surface area contributed by atoms with Crippen LogP contribution in [0.15, 0.2) is 53.3 Å². The molecule has 0 radical (unpaired) electrons. The van der Waals surface area contributed by atoms with E-state index in [1.54, 1.807) is 4.57 Å². The summed E-state index contributed by atoms with van der Waals surface area (Å²) < 4.78 is 7.12. The van der Waals surface area contributed by atoms with Gasteiger partial charge >= 0.3 is 0 Å². The molecule has 2 aromatic carbocycles. The predicted molar refractivity (Wildman–Crippen MR) is 124 cm³/mol.